The lowest BCUT2D eigenvalue weighted by atomic mass is 9.98. The molecule has 1 aliphatic carbocycles. The molecule has 31 heavy (non-hydrogen) atoms. The molecule has 2 fully saturated rings. The molecular weight excluding hydrogens is 414 g/mol. The number of nitrogens with zero attached hydrogens (tertiary/aromatic N) is 3. The first-order chi connectivity index (χ1) is 15.1. The summed E-state index contributed by atoms with van der Waals surface area (Å²) >= 11 is 1.62. The van der Waals surface area contributed by atoms with E-state index in [-0.39, 0.29) is 24.4 Å². The number of carbonyl (C=O) groups excluding carboxylic acids is 3. The zero-order valence-electron chi connectivity index (χ0n) is 17.4. The Morgan fingerprint density at radius 3 is 2.74 bits per heavy atom. The zero-order chi connectivity index (χ0) is 21.7. The molecule has 1 spiro atoms. The van der Waals surface area contributed by atoms with E-state index >= 15 is 0 Å². The van der Waals surface area contributed by atoms with Crippen LogP contribution in [-0.4, -0.2) is 51.3 Å². The molecule has 4 rings (SSSR count). The Balaban J connectivity index is 1.13. The van der Waals surface area contributed by atoms with Gasteiger partial charge in [-0.25, -0.2) is 9.78 Å². The molecule has 3 heterocycles. The van der Waals surface area contributed by atoms with Gasteiger partial charge in [0.1, 0.15) is 5.54 Å². The van der Waals surface area contributed by atoms with Gasteiger partial charge in [0.05, 0.1) is 10.7 Å². The largest absolute Gasteiger partial charge is 0.356 e. The van der Waals surface area contributed by atoms with Gasteiger partial charge in [-0.3, -0.25) is 19.5 Å². The molecule has 0 atom stereocenters. The number of aryl methyl sites for hydroxylation is 1. The average Bonchev–Trinajstić information content (AvgIpc) is 3.49. The van der Waals surface area contributed by atoms with E-state index < -0.39 is 5.54 Å². The van der Waals surface area contributed by atoms with E-state index in [2.05, 4.69) is 20.6 Å². The second-order valence-corrected chi connectivity index (χ2v) is 9.04. The SMILES string of the molecule is O=C(CCCN1C(=O)NC2(CCCC2)C1=O)NCCCc1nc(-c2ccncc2)cs1. The van der Waals surface area contributed by atoms with Crippen molar-refractivity contribution in [2.45, 2.75) is 56.9 Å². The lowest BCUT2D eigenvalue weighted by Crippen LogP contribution is -2.44. The van der Waals surface area contributed by atoms with Crippen molar-refractivity contribution in [2.75, 3.05) is 13.1 Å². The summed E-state index contributed by atoms with van der Waals surface area (Å²) in [5.74, 6) is -0.177. The Bertz CT molecular complexity index is 940. The molecule has 8 nitrogen and oxygen atoms in total. The van der Waals surface area contributed by atoms with Crippen molar-refractivity contribution in [2.24, 2.45) is 0 Å². The van der Waals surface area contributed by atoms with Crippen molar-refractivity contribution in [1.82, 2.24) is 25.5 Å². The van der Waals surface area contributed by atoms with Crippen LogP contribution < -0.4 is 10.6 Å². The van der Waals surface area contributed by atoms with Gasteiger partial charge in [0.25, 0.3) is 5.91 Å². The van der Waals surface area contributed by atoms with Gasteiger partial charge in [0.15, 0.2) is 0 Å². The highest BCUT2D eigenvalue weighted by Crippen LogP contribution is 2.35. The molecule has 0 aromatic carbocycles. The Labute approximate surface area is 185 Å². The number of carbonyl (C=O) groups is 3. The van der Waals surface area contributed by atoms with Crippen LogP contribution in [0, 0.1) is 0 Å². The van der Waals surface area contributed by atoms with E-state index in [0.29, 0.717) is 19.4 Å². The molecule has 1 saturated carbocycles. The van der Waals surface area contributed by atoms with Crippen molar-refractivity contribution in [3.63, 3.8) is 0 Å². The van der Waals surface area contributed by atoms with E-state index in [4.69, 9.17) is 0 Å². The summed E-state index contributed by atoms with van der Waals surface area (Å²) in [5.41, 5.74) is 1.33. The summed E-state index contributed by atoms with van der Waals surface area (Å²) in [6.45, 7) is 0.867. The summed E-state index contributed by atoms with van der Waals surface area (Å²) in [6, 6.07) is 3.56. The van der Waals surface area contributed by atoms with Gasteiger partial charge in [-0.05, 0) is 37.8 Å². The number of urea groups is 1. The molecule has 2 aliphatic rings. The predicted molar refractivity (Wildman–Crippen MR) is 117 cm³/mol. The van der Waals surface area contributed by atoms with Crippen molar-refractivity contribution >= 4 is 29.2 Å². The molecule has 1 aliphatic heterocycles. The van der Waals surface area contributed by atoms with Crippen molar-refractivity contribution < 1.29 is 14.4 Å². The Morgan fingerprint density at radius 2 is 1.97 bits per heavy atom. The van der Waals surface area contributed by atoms with Gasteiger partial charge >= 0.3 is 6.03 Å². The van der Waals surface area contributed by atoms with E-state index in [1.165, 1.54) is 4.90 Å². The van der Waals surface area contributed by atoms with E-state index in [0.717, 1.165) is 54.8 Å². The quantitative estimate of drug-likeness (QED) is 0.460. The number of rotatable bonds is 9. The molecule has 0 bridgehead atoms. The van der Waals surface area contributed by atoms with Crippen LogP contribution in [0.25, 0.3) is 11.3 Å². The van der Waals surface area contributed by atoms with E-state index in [1.54, 1.807) is 23.7 Å². The minimum Gasteiger partial charge on any atom is -0.356 e. The summed E-state index contributed by atoms with van der Waals surface area (Å²) in [6.07, 6.45) is 9.27. The molecule has 2 aromatic rings. The Morgan fingerprint density at radius 1 is 1.19 bits per heavy atom. The van der Waals surface area contributed by atoms with Crippen LogP contribution in [-0.2, 0) is 16.0 Å². The minimum atomic E-state index is -0.674. The molecule has 1 saturated heterocycles. The molecule has 9 heteroatoms. The topological polar surface area (TPSA) is 104 Å². The lowest BCUT2D eigenvalue weighted by Gasteiger charge is -2.19. The van der Waals surface area contributed by atoms with Crippen LogP contribution in [0.4, 0.5) is 4.79 Å². The molecular formula is C22H27N5O3S. The first-order valence-electron chi connectivity index (χ1n) is 10.8. The molecule has 2 N–H and O–H groups in total. The number of hydrogen-bond donors (Lipinski definition) is 2. The van der Waals surface area contributed by atoms with Gasteiger partial charge in [-0.2, -0.15) is 0 Å². The van der Waals surface area contributed by atoms with Crippen LogP contribution in [0.5, 0.6) is 0 Å². The van der Waals surface area contributed by atoms with E-state index in [9.17, 15) is 14.4 Å². The number of hydrogen-bond acceptors (Lipinski definition) is 6. The maximum atomic E-state index is 12.6. The highest BCUT2D eigenvalue weighted by molar-refractivity contribution is 7.09. The fourth-order valence-electron chi connectivity index (χ4n) is 4.23. The Hall–Kier alpha value is -2.81. The van der Waals surface area contributed by atoms with E-state index in [1.807, 2.05) is 17.5 Å². The molecule has 164 valence electrons. The number of pyridine rings is 1. The van der Waals surface area contributed by atoms with Gasteiger partial charge in [0.2, 0.25) is 5.91 Å². The second kappa shape index (κ2) is 9.55. The third kappa shape index (κ3) is 4.92. The minimum absolute atomic E-state index is 0.0563. The third-order valence-electron chi connectivity index (χ3n) is 5.91. The first-order valence-corrected chi connectivity index (χ1v) is 11.7. The maximum absolute atomic E-state index is 12.6. The van der Waals surface area contributed by atoms with Crippen LogP contribution >= 0.6 is 11.3 Å². The van der Waals surface area contributed by atoms with Crippen molar-refractivity contribution in [3.05, 3.63) is 34.9 Å². The maximum Gasteiger partial charge on any atom is 0.325 e. The number of nitrogens with one attached hydrogen (secondary N) is 2. The van der Waals surface area contributed by atoms with Crippen LogP contribution in [0.1, 0.15) is 50.0 Å². The number of amides is 4. The lowest BCUT2D eigenvalue weighted by molar-refractivity contribution is -0.131. The smallest absolute Gasteiger partial charge is 0.325 e. The summed E-state index contributed by atoms with van der Waals surface area (Å²) in [7, 11) is 0. The van der Waals surface area contributed by atoms with Crippen LogP contribution in [0.15, 0.2) is 29.9 Å². The molecule has 0 unspecified atom stereocenters. The monoisotopic (exact) mass is 441 g/mol. The van der Waals surface area contributed by atoms with Crippen LogP contribution in [0.2, 0.25) is 0 Å². The molecule has 2 aromatic heterocycles. The first kappa shape index (κ1) is 21.4. The van der Waals surface area contributed by atoms with Crippen molar-refractivity contribution in [3.8, 4) is 11.3 Å². The second-order valence-electron chi connectivity index (χ2n) is 8.10. The average molecular weight is 442 g/mol. The molecule has 4 amide bonds. The van der Waals surface area contributed by atoms with Crippen LogP contribution in [0.3, 0.4) is 0 Å². The molecule has 0 radical (unpaired) electrons. The zero-order valence-corrected chi connectivity index (χ0v) is 18.2. The Kier molecular flexibility index (Phi) is 6.60. The fraction of sp³-hybridized carbons (Fsp3) is 0.500. The fourth-order valence-corrected chi connectivity index (χ4v) is 5.08. The summed E-state index contributed by atoms with van der Waals surface area (Å²) in [5, 5.41) is 8.86. The van der Waals surface area contributed by atoms with Crippen molar-refractivity contribution in [1.29, 1.82) is 0 Å². The predicted octanol–water partition coefficient (Wildman–Crippen LogP) is 2.90. The van der Waals surface area contributed by atoms with Gasteiger partial charge in [0, 0.05) is 49.3 Å². The number of thiazole rings is 1. The number of imide groups is 1. The van der Waals surface area contributed by atoms with Gasteiger partial charge in [-0.1, -0.05) is 12.8 Å². The summed E-state index contributed by atoms with van der Waals surface area (Å²) in [4.78, 5) is 46.8. The third-order valence-corrected chi connectivity index (χ3v) is 6.81. The number of aromatic nitrogens is 2. The van der Waals surface area contributed by atoms with Gasteiger partial charge < -0.3 is 10.6 Å². The highest BCUT2D eigenvalue weighted by Gasteiger charge is 2.51. The normalized spacial score (nSPS) is 17.4. The standard InChI is InChI=1S/C22H27N5O3S/c28-18(5-4-14-27-20(29)22(26-21(27)30)9-1-2-10-22)24-11-3-6-19-25-17(15-31-19)16-7-12-23-13-8-16/h7-8,12-13,15H,1-6,9-11,14H2,(H,24,28)(H,26,30). The van der Waals surface area contributed by atoms with Gasteiger partial charge in [-0.15, -0.1) is 11.3 Å². The highest BCUT2D eigenvalue weighted by atomic mass is 32.1. The summed E-state index contributed by atoms with van der Waals surface area (Å²) < 4.78 is 0.